The minimum atomic E-state index is -0.317. The van der Waals surface area contributed by atoms with E-state index in [9.17, 15) is 9.59 Å². The first-order chi connectivity index (χ1) is 13.0. The van der Waals surface area contributed by atoms with Crippen LogP contribution in [0.4, 0.5) is 21.9 Å². The number of pyridine rings is 2. The van der Waals surface area contributed by atoms with E-state index in [1.807, 2.05) is 45.0 Å². The number of hydrogen-bond donors (Lipinski definition) is 2. The van der Waals surface area contributed by atoms with E-state index in [1.165, 1.54) is 0 Å². The van der Waals surface area contributed by atoms with Gasteiger partial charge in [-0.05, 0) is 44.0 Å². The molecule has 3 aromatic rings. The van der Waals surface area contributed by atoms with E-state index >= 15 is 0 Å². The topological polar surface area (TPSA) is 87.2 Å². The number of rotatable bonds is 4. The van der Waals surface area contributed by atoms with Gasteiger partial charge in [0, 0.05) is 24.8 Å². The normalized spacial score (nSPS) is 10.5. The highest BCUT2D eigenvalue weighted by atomic mass is 16.2. The lowest BCUT2D eigenvalue weighted by Crippen LogP contribution is -2.25. The number of benzene rings is 1. The minimum Gasteiger partial charge on any atom is -0.341 e. The van der Waals surface area contributed by atoms with Crippen LogP contribution in [-0.2, 0) is 4.79 Å². The summed E-state index contributed by atoms with van der Waals surface area (Å²) in [4.78, 5) is 34.3. The molecule has 0 bridgehead atoms. The molecule has 138 valence electrons. The molecule has 7 nitrogen and oxygen atoms in total. The van der Waals surface area contributed by atoms with Gasteiger partial charge < -0.3 is 10.6 Å². The predicted molar refractivity (Wildman–Crippen MR) is 106 cm³/mol. The molecule has 1 aromatic carbocycles. The van der Waals surface area contributed by atoms with E-state index in [0.717, 1.165) is 34.3 Å². The largest absolute Gasteiger partial charge is 0.341 e. The van der Waals surface area contributed by atoms with Crippen LogP contribution in [0.2, 0.25) is 0 Å². The van der Waals surface area contributed by atoms with E-state index in [2.05, 4.69) is 20.6 Å². The number of hydrogen-bond acceptors (Lipinski definition) is 4. The van der Waals surface area contributed by atoms with Gasteiger partial charge in [0.15, 0.2) is 0 Å². The highest BCUT2D eigenvalue weighted by molar-refractivity contribution is 6.08. The number of para-hydroxylation sites is 1. The summed E-state index contributed by atoms with van der Waals surface area (Å²) in [5.41, 5.74) is 5.13. The van der Waals surface area contributed by atoms with Gasteiger partial charge in [-0.1, -0.05) is 12.1 Å². The lowest BCUT2D eigenvalue weighted by atomic mass is 10.1. The molecular formula is C20H21N5O2. The van der Waals surface area contributed by atoms with E-state index in [1.54, 1.807) is 24.3 Å². The molecular weight excluding hydrogens is 342 g/mol. The summed E-state index contributed by atoms with van der Waals surface area (Å²) in [7, 11) is 1.56. The minimum absolute atomic E-state index is 0.317. The first kappa shape index (κ1) is 18.3. The number of nitrogens with zero attached hydrogens (tertiary/aromatic N) is 3. The highest BCUT2D eigenvalue weighted by Gasteiger charge is 2.19. The van der Waals surface area contributed by atoms with Crippen LogP contribution in [0.3, 0.4) is 0 Å². The lowest BCUT2D eigenvalue weighted by Gasteiger charge is -2.23. The van der Waals surface area contributed by atoms with Gasteiger partial charge in [0.25, 0.3) is 0 Å². The maximum atomic E-state index is 12.0. The van der Waals surface area contributed by atoms with Crippen LogP contribution < -0.4 is 15.5 Å². The highest BCUT2D eigenvalue weighted by Crippen LogP contribution is 2.36. The molecule has 2 aromatic heterocycles. The summed E-state index contributed by atoms with van der Waals surface area (Å²) in [6, 6.07) is 7.08. The Hall–Kier alpha value is -3.48. The van der Waals surface area contributed by atoms with Crippen molar-refractivity contribution < 1.29 is 9.59 Å². The number of aryl methyl sites for hydroxylation is 3. The van der Waals surface area contributed by atoms with Crippen molar-refractivity contribution in [3.8, 4) is 0 Å². The second-order valence-corrected chi connectivity index (χ2v) is 6.23. The smallest absolute Gasteiger partial charge is 0.319 e. The number of aromatic nitrogens is 2. The molecule has 2 N–H and O–H groups in total. The van der Waals surface area contributed by atoms with Gasteiger partial charge in [0.2, 0.25) is 6.41 Å². The second kappa shape index (κ2) is 7.41. The molecule has 0 aliphatic carbocycles. The second-order valence-electron chi connectivity index (χ2n) is 6.23. The number of amides is 3. The summed E-state index contributed by atoms with van der Waals surface area (Å²) in [5.74, 6) is 0. The number of carbonyl (C=O) groups is 2. The molecule has 3 amide bonds. The van der Waals surface area contributed by atoms with Crippen molar-refractivity contribution in [1.82, 2.24) is 15.3 Å². The summed E-state index contributed by atoms with van der Waals surface area (Å²) < 4.78 is 0. The van der Waals surface area contributed by atoms with Gasteiger partial charge >= 0.3 is 6.03 Å². The van der Waals surface area contributed by atoms with Crippen LogP contribution in [0.1, 0.15) is 16.8 Å². The zero-order valence-electron chi connectivity index (χ0n) is 15.7. The van der Waals surface area contributed by atoms with Crippen molar-refractivity contribution in [1.29, 1.82) is 0 Å². The SMILES string of the molecule is CNC(=O)Nc1c(C)cnc2c(N(C=O)c3c(C)ccnc3C)cccc12. The molecule has 7 heteroatoms. The first-order valence-corrected chi connectivity index (χ1v) is 8.51. The quantitative estimate of drug-likeness (QED) is 0.693. The number of anilines is 3. The maximum Gasteiger partial charge on any atom is 0.319 e. The molecule has 0 unspecified atom stereocenters. The molecule has 0 spiro atoms. The number of carbonyl (C=O) groups excluding carboxylic acids is 2. The van der Waals surface area contributed by atoms with Crippen LogP contribution in [0, 0.1) is 20.8 Å². The molecule has 0 saturated heterocycles. The molecule has 27 heavy (non-hydrogen) atoms. The molecule has 2 heterocycles. The van der Waals surface area contributed by atoms with Crippen LogP contribution in [0.5, 0.6) is 0 Å². The van der Waals surface area contributed by atoms with Crippen molar-refractivity contribution in [3.05, 3.63) is 53.5 Å². The fourth-order valence-electron chi connectivity index (χ4n) is 3.12. The molecule has 0 radical (unpaired) electrons. The van der Waals surface area contributed by atoms with Gasteiger partial charge in [-0.3, -0.25) is 19.7 Å². The van der Waals surface area contributed by atoms with Crippen molar-refractivity contribution in [3.63, 3.8) is 0 Å². The number of urea groups is 1. The van der Waals surface area contributed by atoms with Crippen molar-refractivity contribution in [2.24, 2.45) is 0 Å². The van der Waals surface area contributed by atoms with Gasteiger partial charge in [-0.25, -0.2) is 4.79 Å². The maximum absolute atomic E-state index is 12.0. The Morgan fingerprint density at radius 2 is 1.89 bits per heavy atom. The van der Waals surface area contributed by atoms with Crippen LogP contribution in [0.25, 0.3) is 10.9 Å². The van der Waals surface area contributed by atoms with Gasteiger partial charge in [-0.2, -0.15) is 0 Å². The van der Waals surface area contributed by atoms with E-state index in [-0.39, 0.29) is 6.03 Å². The molecule has 0 fully saturated rings. The van der Waals surface area contributed by atoms with Crippen LogP contribution >= 0.6 is 0 Å². The third-order valence-electron chi connectivity index (χ3n) is 4.45. The summed E-state index contributed by atoms with van der Waals surface area (Å²) in [6.07, 6.45) is 4.16. The summed E-state index contributed by atoms with van der Waals surface area (Å²) >= 11 is 0. The summed E-state index contributed by atoms with van der Waals surface area (Å²) in [6.45, 7) is 5.67. The van der Waals surface area contributed by atoms with Gasteiger partial charge in [0.05, 0.1) is 28.3 Å². The first-order valence-electron chi connectivity index (χ1n) is 8.51. The fraction of sp³-hybridized carbons (Fsp3) is 0.200. The fourth-order valence-corrected chi connectivity index (χ4v) is 3.12. The van der Waals surface area contributed by atoms with Crippen molar-refractivity contribution in [2.75, 3.05) is 17.3 Å². The third-order valence-corrected chi connectivity index (χ3v) is 4.45. The van der Waals surface area contributed by atoms with Crippen LogP contribution in [0.15, 0.2) is 36.7 Å². The molecule has 0 aliphatic heterocycles. The van der Waals surface area contributed by atoms with E-state index in [4.69, 9.17) is 0 Å². The Morgan fingerprint density at radius 1 is 1.11 bits per heavy atom. The average Bonchev–Trinajstić information content (AvgIpc) is 2.66. The number of nitrogens with one attached hydrogen (secondary N) is 2. The third kappa shape index (κ3) is 3.31. The lowest BCUT2D eigenvalue weighted by molar-refractivity contribution is -0.106. The Bertz CT molecular complexity index is 1010. The standard InChI is InChI=1S/C20H21N5O2/c1-12-8-9-22-14(3)19(12)25(11-26)16-7-5-6-15-17(24-20(27)21-4)13(2)10-23-18(15)16/h5-11H,1-4H3,(H2,21,23,24,27). The Morgan fingerprint density at radius 3 is 2.56 bits per heavy atom. The Balaban J connectivity index is 2.24. The predicted octanol–water partition coefficient (Wildman–Crippen LogP) is 3.60. The Kier molecular flexibility index (Phi) is 5.03. The average molecular weight is 363 g/mol. The van der Waals surface area contributed by atoms with Crippen LogP contribution in [-0.4, -0.2) is 29.5 Å². The molecule has 0 atom stereocenters. The van der Waals surface area contributed by atoms with Gasteiger partial charge in [0.1, 0.15) is 0 Å². The monoisotopic (exact) mass is 363 g/mol. The Labute approximate surface area is 157 Å². The zero-order valence-corrected chi connectivity index (χ0v) is 15.7. The van der Waals surface area contributed by atoms with E-state index in [0.29, 0.717) is 16.9 Å². The van der Waals surface area contributed by atoms with Crippen molar-refractivity contribution in [2.45, 2.75) is 20.8 Å². The van der Waals surface area contributed by atoms with E-state index < -0.39 is 0 Å². The molecule has 3 rings (SSSR count). The molecule has 0 saturated carbocycles. The molecule has 0 aliphatic rings. The summed E-state index contributed by atoms with van der Waals surface area (Å²) in [5, 5.41) is 6.14. The van der Waals surface area contributed by atoms with Crippen molar-refractivity contribution >= 4 is 40.4 Å². The zero-order chi connectivity index (χ0) is 19.6. The number of fused-ring (bicyclic) bond motifs is 1. The van der Waals surface area contributed by atoms with Gasteiger partial charge in [-0.15, -0.1) is 0 Å².